The molecule has 0 fully saturated rings. The summed E-state index contributed by atoms with van der Waals surface area (Å²) >= 11 is 3.43. The van der Waals surface area contributed by atoms with Gasteiger partial charge in [-0.1, -0.05) is 22.9 Å². The first-order valence-corrected chi connectivity index (χ1v) is 7.09. The molecule has 1 N–H and O–H groups in total. The van der Waals surface area contributed by atoms with Crippen LogP contribution >= 0.6 is 15.9 Å². The number of carbonyl (C=O) groups is 1. The van der Waals surface area contributed by atoms with Crippen LogP contribution in [0.5, 0.6) is 5.75 Å². The van der Waals surface area contributed by atoms with Crippen LogP contribution < -0.4 is 4.74 Å². The van der Waals surface area contributed by atoms with Crippen molar-refractivity contribution in [3.63, 3.8) is 0 Å². The van der Waals surface area contributed by atoms with E-state index in [0.29, 0.717) is 23.6 Å². The molecule has 0 saturated carbocycles. The molecule has 0 aliphatic rings. The molecule has 0 amide bonds. The van der Waals surface area contributed by atoms with E-state index < -0.39 is 11.5 Å². The zero-order valence-corrected chi connectivity index (χ0v) is 13.5. The Hall–Kier alpha value is -1.96. The maximum atomic E-state index is 11.6. The average Bonchev–Trinajstić information content (AvgIpc) is 2.96. The first kappa shape index (κ1) is 15.4. The zero-order chi connectivity index (χ0) is 15.6. The Bertz CT molecular complexity index is 673. The number of aliphatic carboxylic acids is 1. The fourth-order valence-electron chi connectivity index (χ4n) is 1.88. The van der Waals surface area contributed by atoms with Crippen molar-refractivity contribution in [1.82, 2.24) is 20.2 Å². The smallest absolute Gasteiger partial charge is 0.331 e. The van der Waals surface area contributed by atoms with E-state index in [1.807, 2.05) is 0 Å². The molecule has 1 aromatic heterocycles. The third kappa shape index (κ3) is 2.63. The second kappa shape index (κ2) is 5.80. The van der Waals surface area contributed by atoms with Crippen molar-refractivity contribution in [2.45, 2.75) is 25.8 Å². The monoisotopic (exact) mass is 354 g/mol. The predicted molar refractivity (Wildman–Crippen MR) is 79.1 cm³/mol. The molecule has 0 aliphatic heterocycles. The minimum Gasteiger partial charge on any atom is -0.497 e. The van der Waals surface area contributed by atoms with Gasteiger partial charge in [-0.3, -0.25) is 0 Å². The highest BCUT2D eigenvalue weighted by atomic mass is 79.9. The van der Waals surface area contributed by atoms with E-state index in [4.69, 9.17) is 4.74 Å². The maximum absolute atomic E-state index is 11.6. The van der Waals surface area contributed by atoms with Gasteiger partial charge in [-0.25, -0.2) is 9.48 Å². The second-order valence-electron chi connectivity index (χ2n) is 4.69. The highest BCUT2D eigenvalue weighted by molar-refractivity contribution is 9.10. The normalized spacial score (nSPS) is 13.7. The zero-order valence-electron chi connectivity index (χ0n) is 11.9. The molecule has 1 heterocycles. The van der Waals surface area contributed by atoms with Gasteiger partial charge in [0.1, 0.15) is 5.75 Å². The predicted octanol–water partition coefficient (Wildman–Crippen LogP) is 2.32. The molecule has 1 unspecified atom stereocenters. The van der Waals surface area contributed by atoms with Crippen molar-refractivity contribution >= 4 is 21.9 Å². The van der Waals surface area contributed by atoms with Crippen LogP contribution in [0.25, 0.3) is 11.4 Å². The van der Waals surface area contributed by atoms with E-state index in [-0.39, 0.29) is 0 Å². The summed E-state index contributed by atoms with van der Waals surface area (Å²) in [4.78, 5) is 11.6. The topological polar surface area (TPSA) is 90.1 Å². The minimum absolute atomic E-state index is 0.349. The Kier molecular flexibility index (Phi) is 4.26. The van der Waals surface area contributed by atoms with E-state index in [9.17, 15) is 9.90 Å². The number of hydrogen-bond acceptors (Lipinski definition) is 5. The summed E-state index contributed by atoms with van der Waals surface area (Å²) in [5.74, 6) is 0.0152. The van der Waals surface area contributed by atoms with Crippen LogP contribution in [0.2, 0.25) is 0 Å². The van der Waals surface area contributed by atoms with E-state index in [2.05, 4.69) is 31.5 Å². The lowest BCUT2D eigenvalue weighted by atomic mass is 9.99. The highest BCUT2D eigenvalue weighted by Gasteiger charge is 2.37. The third-order valence-electron chi connectivity index (χ3n) is 3.50. The van der Waals surface area contributed by atoms with Gasteiger partial charge in [0.25, 0.3) is 0 Å². The standard InChI is InChI=1S/C13H15BrN4O3/c1-4-13(2,12(19)20)18-11(15-16-17-18)9-7-8(21-3)5-6-10(9)14/h5-7H,4H2,1-3H3,(H,19,20). The molecule has 7 nitrogen and oxygen atoms in total. The summed E-state index contributed by atoms with van der Waals surface area (Å²) in [5.41, 5.74) is -0.554. The van der Waals surface area contributed by atoms with Gasteiger partial charge in [0.2, 0.25) is 0 Å². The van der Waals surface area contributed by atoms with Crippen molar-refractivity contribution in [3.05, 3.63) is 22.7 Å². The van der Waals surface area contributed by atoms with Crippen molar-refractivity contribution in [3.8, 4) is 17.1 Å². The molecule has 0 spiro atoms. The Morgan fingerprint density at radius 3 is 2.81 bits per heavy atom. The summed E-state index contributed by atoms with van der Waals surface area (Å²) in [6.07, 6.45) is 0.349. The molecule has 0 saturated heterocycles. The quantitative estimate of drug-likeness (QED) is 0.885. The van der Waals surface area contributed by atoms with Gasteiger partial charge >= 0.3 is 5.97 Å². The maximum Gasteiger partial charge on any atom is 0.331 e. The number of carboxylic acid groups (broad SMARTS) is 1. The van der Waals surface area contributed by atoms with E-state index in [1.54, 1.807) is 39.2 Å². The van der Waals surface area contributed by atoms with Crippen LogP contribution in [0, 0.1) is 0 Å². The number of rotatable bonds is 5. The van der Waals surface area contributed by atoms with Crippen molar-refractivity contribution in [1.29, 1.82) is 0 Å². The van der Waals surface area contributed by atoms with Gasteiger partial charge in [-0.15, -0.1) is 5.10 Å². The van der Waals surface area contributed by atoms with Crippen molar-refractivity contribution in [2.24, 2.45) is 0 Å². The van der Waals surface area contributed by atoms with E-state index in [0.717, 1.165) is 4.47 Å². The number of ether oxygens (including phenoxy) is 1. The van der Waals surface area contributed by atoms with Crippen LogP contribution in [-0.2, 0) is 10.3 Å². The van der Waals surface area contributed by atoms with Crippen molar-refractivity contribution < 1.29 is 14.6 Å². The lowest BCUT2D eigenvalue weighted by Crippen LogP contribution is -2.39. The first-order chi connectivity index (χ1) is 9.93. The van der Waals surface area contributed by atoms with Crippen molar-refractivity contribution in [2.75, 3.05) is 7.11 Å². The van der Waals surface area contributed by atoms with E-state index in [1.165, 1.54) is 4.68 Å². The van der Waals surface area contributed by atoms with Gasteiger partial charge < -0.3 is 9.84 Å². The molecule has 0 bridgehead atoms. The fourth-order valence-corrected chi connectivity index (χ4v) is 2.31. The molecular formula is C13H15BrN4O3. The van der Waals surface area contributed by atoms with Crippen LogP contribution in [0.1, 0.15) is 20.3 Å². The number of aromatic nitrogens is 4. The number of benzene rings is 1. The molecule has 2 rings (SSSR count). The van der Waals surface area contributed by atoms with Gasteiger partial charge in [0.05, 0.1) is 7.11 Å². The van der Waals surface area contributed by atoms with Crippen LogP contribution in [0.4, 0.5) is 0 Å². The summed E-state index contributed by atoms with van der Waals surface area (Å²) in [7, 11) is 1.56. The Labute approximate surface area is 130 Å². The molecule has 2 aromatic rings. The average molecular weight is 355 g/mol. The Balaban J connectivity index is 2.63. The molecule has 0 aliphatic carbocycles. The third-order valence-corrected chi connectivity index (χ3v) is 4.19. The molecular weight excluding hydrogens is 340 g/mol. The number of carboxylic acids is 1. The molecule has 1 atom stereocenters. The molecule has 8 heteroatoms. The summed E-state index contributed by atoms with van der Waals surface area (Å²) in [6, 6.07) is 5.35. The largest absolute Gasteiger partial charge is 0.497 e. The van der Waals surface area contributed by atoms with E-state index >= 15 is 0 Å². The Morgan fingerprint density at radius 2 is 2.24 bits per heavy atom. The molecule has 21 heavy (non-hydrogen) atoms. The second-order valence-corrected chi connectivity index (χ2v) is 5.55. The summed E-state index contributed by atoms with van der Waals surface area (Å²) < 4.78 is 7.27. The minimum atomic E-state index is -1.22. The van der Waals surface area contributed by atoms with Crippen LogP contribution in [0.15, 0.2) is 22.7 Å². The molecule has 112 valence electrons. The summed E-state index contributed by atoms with van der Waals surface area (Å²) in [5, 5.41) is 21.0. The lowest BCUT2D eigenvalue weighted by Gasteiger charge is -2.24. The number of halogens is 1. The summed E-state index contributed by atoms with van der Waals surface area (Å²) in [6.45, 7) is 3.36. The number of nitrogens with zero attached hydrogens (tertiary/aromatic N) is 4. The molecule has 0 radical (unpaired) electrons. The Morgan fingerprint density at radius 1 is 1.52 bits per heavy atom. The van der Waals surface area contributed by atoms with Gasteiger partial charge in [0, 0.05) is 10.0 Å². The van der Waals surface area contributed by atoms with Gasteiger partial charge in [0.15, 0.2) is 11.4 Å². The van der Waals surface area contributed by atoms with Gasteiger partial charge in [-0.2, -0.15) is 0 Å². The SMILES string of the molecule is CCC(C)(C(=O)O)n1nnnc1-c1cc(OC)ccc1Br. The number of methoxy groups -OCH3 is 1. The highest BCUT2D eigenvalue weighted by Crippen LogP contribution is 2.33. The molecule has 1 aromatic carbocycles. The van der Waals surface area contributed by atoms with Gasteiger partial charge in [-0.05, 0) is 42.0 Å². The first-order valence-electron chi connectivity index (χ1n) is 6.30. The lowest BCUT2D eigenvalue weighted by molar-refractivity contribution is -0.147. The fraction of sp³-hybridized carbons (Fsp3) is 0.385. The van der Waals surface area contributed by atoms with Crippen LogP contribution in [-0.4, -0.2) is 38.4 Å². The number of hydrogen-bond donors (Lipinski definition) is 1. The van der Waals surface area contributed by atoms with Crippen LogP contribution in [0.3, 0.4) is 0 Å². The number of tetrazole rings is 1.